The fraction of sp³-hybridized carbons (Fsp3) is 0.111. The Morgan fingerprint density at radius 3 is 2.70 bits per heavy atom. The van der Waals surface area contributed by atoms with Gasteiger partial charge in [0.25, 0.3) is 0 Å². The summed E-state index contributed by atoms with van der Waals surface area (Å²) < 4.78 is 16.3. The van der Waals surface area contributed by atoms with Crippen molar-refractivity contribution < 1.29 is 18.7 Å². The van der Waals surface area contributed by atoms with Crippen molar-refractivity contribution in [2.24, 2.45) is 0 Å². The van der Waals surface area contributed by atoms with E-state index in [4.69, 9.17) is 13.9 Å². The molecule has 23 heavy (non-hydrogen) atoms. The van der Waals surface area contributed by atoms with Gasteiger partial charge in [-0.15, -0.1) is 0 Å². The lowest BCUT2D eigenvalue weighted by Gasteiger charge is -2.09. The molecule has 0 amide bonds. The number of hydrogen-bond acceptors (Lipinski definition) is 5. The third kappa shape index (κ3) is 2.94. The third-order valence-electron chi connectivity index (χ3n) is 3.26. The molecule has 2 aromatic carbocycles. The fourth-order valence-electron chi connectivity index (χ4n) is 2.07. The largest absolute Gasteiger partial charge is 0.497 e. The van der Waals surface area contributed by atoms with Gasteiger partial charge in [0.15, 0.2) is 5.58 Å². The molecule has 0 saturated carbocycles. The van der Waals surface area contributed by atoms with Crippen molar-refractivity contribution in [2.75, 3.05) is 7.11 Å². The fourth-order valence-corrected chi connectivity index (χ4v) is 2.07. The maximum absolute atomic E-state index is 11.9. The Hall–Kier alpha value is -3.08. The molecule has 1 aromatic heterocycles. The van der Waals surface area contributed by atoms with E-state index in [0.29, 0.717) is 34.1 Å². The highest BCUT2D eigenvalue weighted by atomic mass is 16.5. The van der Waals surface area contributed by atoms with Crippen LogP contribution < -0.4 is 9.47 Å². The molecule has 116 valence electrons. The molecular weight excluding hydrogens is 294 g/mol. The van der Waals surface area contributed by atoms with Gasteiger partial charge in [-0.2, -0.15) is 0 Å². The molecule has 0 aliphatic carbocycles. The van der Waals surface area contributed by atoms with Crippen molar-refractivity contribution in [1.29, 1.82) is 0 Å². The van der Waals surface area contributed by atoms with Gasteiger partial charge in [0.05, 0.1) is 12.7 Å². The maximum Gasteiger partial charge on any atom is 0.338 e. The number of hydrogen-bond donors (Lipinski definition) is 0. The second-order valence-electron chi connectivity index (χ2n) is 5.02. The van der Waals surface area contributed by atoms with Crippen LogP contribution in [0.1, 0.15) is 6.92 Å². The molecule has 3 aromatic rings. The Morgan fingerprint density at radius 1 is 1.22 bits per heavy atom. The topological polar surface area (TPSA) is 61.6 Å². The number of fused-ring (bicyclic) bond motifs is 1. The highest BCUT2D eigenvalue weighted by molar-refractivity contribution is 5.90. The van der Waals surface area contributed by atoms with Crippen molar-refractivity contribution in [3.63, 3.8) is 0 Å². The van der Waals surface area contributed by atoms with Crippen molar-refractivity contribution >= 4 is 17.1 Å². The van der Waals surface area contributed by atoms with E-state index < -0.39 is 5.97 Å². The van der Waals surface area contributed by atoms with E-state index in [1.807, 2.05) is 24.3 Å². The van der Waals surface area contributed by atoms with Crippen LogP contribution in [0.4, 0.5) is 0 Å². The molecule has 3 rings (SSSR count). The quantitative estimate of drug-likeness (QED) is 0.414. The molecule has 0 aliphatic rings. The summed E-state index contributed by atoms with van der Waals surface area (Å²) in [7, 11) is 1.54. The number of para-hydroxylation sites is 2. The summed E-state index contributed by atoms with van der Waals surface area (Å²) in [6.45, 7) is 5.17. The average Bonchev–Trinajstić information content (AvgIpc) is 2.98. The molecule has 0 aliphatic heterocycles. The normalized spacial score (nSPS) is 10.5. The Labute approximate surface area is 133 Å². The molecule has 0 N–H and O–H groups in total. The molecule has 0 saturated heterocycles. The van der Waals surface area contributed by atoms with Crippen LogP contribution in [0.3, 0.4) is 0 Å². The minimum atomic E-state index is -0.518. The van der Waals surface area contributed by atoms with Gasteiger partial charge < -0.3 is 13.9 Å². The first-order valence-corrected chi connectivity index (χ1v) is 7.00. The predicted octanol–water partition coefficient (Wildman–Crippen LogP) is 3.98. The first kappa shape index (κ1) is 14.8. The highest BCUT2D eigenvalue weighted by Crippen LogP contribution is 2.35. The van der Waals surface area contributed by atoms with Gasteiger partial charge in [0.1, 0.15) is 17.0 Å². The average molecular weight is 309 g/mol. The van der Waals surface area contributed by atoms with Gasteiger partial charge in [0, 0.05) is 11.6 Å². The zero-order valence-electron chi connectivity index (χ0n) is 12.8. The molecule has 0 unspecified atom stereocenters. The summed E-state index contributed by atoms with van der Waals surface area (Å²) in [5.74, 6) is 0.729. The lowest BCUT2D eigenvalue weighted by atomic mass is 10.2. The molecule has 0 bridgehead atoms. The summed E-state index contributed by atoms with van der Waals surface area (Å²) >= 11 is 0. The van der Waals surface area contributed by atoms with E-state index in [9.17, 15) is 4.79 Å². The van der Waals surface area contributed by atoms with Crippen molar-refractivity contribution in [3.8, 4) is 23.0 Å². The Bertz CT molecular complexity index is 862. The Kier molecular flexibility index (Phi) is 3.85. The van der Waals surface area contributed by atoms with Gasteiger partial charge in [-0.1, -0.05) is 18.7 Å². The van der Waals surface area contributed by atoms with Crippen LogP contribution in [0.2, 0.25) is 0 Å². The second-order valence-corrected chi connectivity index (χ2v) is 5.02. The zero-order chi connectivity index (χ0) is 16.4. The van der Waals surface area contributed by atoms with Crippen LogP contribution in [0.15, 0.2) is 59.0 Å². The number of nitrogens with zero attached hydrogens (tertiary/aromatic N) is 1. The molecule has 0 spiro atoms. The Balaban J connectivity index is 2.09. The van der Waals surface area contributed by atoms with Crippen LogP contribution in [-0.2, 0) is 4.79 Å². The lowest BCUT2D eigenvalue weighted by molar-refractivity contribution is -0.130. The number of carbonyl (C=O) groups is 1. The first-order valence-electron chi connectivity index (χ1n) is 7.00. The zero-order valence-corrected chi connectivity index (χ0v) is 12.8. The van der Waals surface area contributed by atoms with Gasteiger partial charge in [-0.05, 0) is 31.2 Å². The second kappa shape index (κ2) is 5.96. The summed E-state index contributed by atoms with van der Waals surface area (Å²) in [4.78, 5) is 16.3. The monoisotopic (exact) mass is 309 g/mol. The number of esters is 1. The van der Waals surface area contributed by atoms with E-state index >= 15 is 0 Å². The molecule has 1 heterocycles. The van der Waals surface area contributed by atoms with Crippen LogP contribution in [-0.4, -0.2) is 18.1 Å². The Morgan fingerprint density at radius 2 is 2.00 bits per heavy atom. The first-order chi connectivity index (χ1) is 11.1. The SMILES string of the molecule is C=C(C)C(=O)Oc1cc(OC)ccc1-c1nc2ccccc2o1. The minimum absolute atomic E-state index is 0.302. The van der Waals surface area contributed by atoms with Crippen LogP contribution in [0.5, 0.6) is 11.5 Å². The summed E-state index contributed by atoms with van der Waals surface area (Å²) in [5, 5.41) is 0. The van der Waals surface area contributed by atoms with Crippen LogP contribution in [0, 0.1) is 0 Å². The number of carbonyl (C=O) groups excluding carboxylic acids is 1. The molecule has 0 radical (unpaired) electrons. The molecular formula is C18H15NO4. The van der Waals surface area contributed by atoms with Crippen molar-refractivity contribution in [3.05, 3.63) is 54.6 Å². The van der Waals surface area contributed by atoms with Crippen molar-refractivity contribution in [1.82, 2.24) is 4.98 Å². The summed E-state index contributed by atoms with van der Waals surface area (Å²) in [6, 6.07) is 12.5. The van der Waals surface area contributed by atoms with E-state index in [2.05, 4.69) is 11.6 Å². The number of aromatic nitrogens is 1. The van der Waals surface area contributed by atoms with Gasteiger partial charge in [-0.3, -0.25) is 0 Å². The van der Waals surface area contributed by atoms with E-state index in [1.165, 1.54) is 0 Å². The number of ether oxygens (including phenoxy) is 2. The van der Waals surface area contributed by atoms with E-state index in [1.54, 1.807) is 32.2 Å². The van der Waals surface area contributed by atoms with Gasteiger partial charge in [-0.25, -0.2) is 9.78 Å². The van der Waals surface area contributed by atoms with Crippen LogP contribution >= 0.6 is 0 Å². The number of benzene rings is 2. The lowest BCUT2D eigenvalue weighted by Crippen LogP contribution is -2.09. The standard InChI is InChI=1S/C18H15NO4/c1-11(2)18(20)23-16-10-12(21-3)8-9-13(16)17-19-14-6-4-5-7-15(14)22-17/h4-10H,1H2,2-3H3. The third-order valence-corrected chi connectivity index (χ3v) is 3.26. The molecule has 5 nitrogen and oxygen atoms in total. The van der Waals surface area contributed by atoms with Gasteiger partial charge >= 0.3 is 5.97 Å². The molecule has 5 heteroatoms. The molecule has 0 fully saturated rings. The number of oxazole rings is 1. The smallest absolute Gasteiger partial charge is 0.338 e. The number of methoxy groups -OCH3 is 1. The maximum atomic E-state index is 11.9. The predicted molar refractivity (Wildman–Crippen MR) is 86.4 cm³/mol. The minimum Gasteiger partial charge on any atom is -0.497 e. The van der Waals surface area contributed by atoms with E-state index in [-0.39, 0.29) is 0 Å². The molecule has 0 atom stereocenters. The number of rotatable bonds is 4. The highest BCUT2D eigenvalue weighted by Gasteiger charge is 2.17. The van der Waals surface area contributed by atoms with Crippen molar-refractivity contribution in [2.45, 2.75) is 6.92 Å². The summed E-state index contributed by atoms with van der Waals surface area (Å²) in [5.41, 5.74) is 2.26. The van der Waals surface area contributed by atoms with E-state index in [0.717, 1.165) is 5.52 Å². The van der Waals surface area contributed by atoms with Crippen LogP contribution in [0.25, 0.3) is 22.6 Å². The summed E-state index contributed by atoms with van der Waals surface area (Å²) in [6.07, 6.45) is 0. The van der Waals surface area contributed by atoms with Gasteiger partial charge in [0.2, 0.25) is 5.89 Å².